The van der Waals surface area contributed by atoms with Gasteiger partial charge in [0.2, 0.25) is 16.9 Å². The Kier molecular flexibility index (Phi) is 11.2. The van der Waals surface area contributed by atoms with Gasteiger partial charge in [0.25, 0.3) is 5.56 Å². The van der Waals surface area contributed by atoms with Gasteiger partial charge in [-0.2, -0.15) is 26.3 Å². The van der Waals surface area contributed by atoms with Gasteiger partial charge >= 0.3 is 18.3 Å². The van der Waals surface area contributed by atoms with Gasteiger partial charge in [-0.15, -0.1) is 0 Å². The number of thiazole rings is 1. The maximum Gasteiger partial charge on any atom is 0.471 e. The smallest absolute Gasteiger partial charge is 0.379 e. The first kappa shape index (κ1) is 44.2. The predicted molar refractivity (Wildman–Crippen MR) is 229 cm³/mol. The van der Waals surface area contributed by atoms with Gasteiger partial charge in [-0.25, -0.2) is 14.4 Å². The topological polar surface area (TPSA) is 190 Å². The Balaban J connectivity index is 1.48. The minimum Gasteiger partial charge on any atom is -0.379 e. The third-order valence-electron chi connectivity index (χ3n) is 10.7. The number of piperazine rings is 1. The lowest BCUT2D eigenvalue weighted by molar-refractivity contribution is -0.174. The fourth-order valence-corrected chi connectivity index (χ4v) is 10.3. The summed E-state index contributed by atoms with van der Waals surface area (Å²) < 4.78 is 105. The Morgan fingerprint density at radius 1 is 0.859 bits per heavy atom. The molecule has 0 saturated carbocycles. The number of amides is 3. The number of para-hydroxylation sites is 2. The average Bonchev–Trinajstić information content (AvgIpc) is 3.79. The SMILES string of the molecule is CC(=O)Nc1nc2c(-c3c(N4CCN(C(C)c5ccc(F)cc5)CC4)c(-c4cccc5[nH]c(=O)c(N)nc45)c4c(c3C(F)(F)F)NC(NC(C)=O)(NC(=O)C(F)(F)F)S4)cccc2s1. The normalized spacial score (nSPS) is 17.2. The van der Waals surface area contributed by atoms with E-state index < -0.39 is 69.2 Å². The number of halogens is 7. The van der Waals surface area contributed by atoms with Gasteiger partial charge in [0.15, 0.2) is 10.9 Å². The number of anilines is 4. The number of nitrogen functional groups attached to an aromatic ring is 1. The van der Waals surface area contributed by atoms with Crippen LogP contribution in [0.4, 0.5) is 53.1 Å². The van der Waals surface area contributed by atoms with Crippen molar-refractivity contribution in [1.82, 2.24) is 30.5 Å². The summed E-state index contributed by atoms with van der Waals surface area (Å²) in [5.74, 6) is -5.03. The minimum atomic E-state index is -5.55. The highest BCUT2D eigenvalue weighted by molar-refractivity contribution is 8.01. The number of hydrogen-bond acceptors (Lipinski definition) is 12. The second kappa shape index (κ2) is 16.3. The van der Waals surface area contributed by atoms with E-state index in [1.165, 1.54) is 49.4 Å². The number of nitrogens with zero attached hydrogens (tertiary/aromatic N) is 4. The molecule has 0 bridgehead atoms. The first-order valence-corrected chi connectivity index (χ1v) is 20.9. The highest BCUT2D eigenvalue weighted by atomic mass is 32.2. The molecule has 6 aromatic rings. The fraction of sp³-hybridized carbons (Fsp3) is 0.268. The van der Waals surface area contributed by atoms with E-state index in [1.807, 2.05) is 6.92 Å². The molecule has 2 atom stereocenters. The van der Waals surface area contributed by atoms with Crippen LogP contribution in [-0.4, -0.2) is 75.0 Å². The summed E-state index contributed by atoms with van der Waals surface area (Å²) in [4.78, 5) is 65.2. The molecule has 0 aliphatic carbocycles. The zero-order valence-corrected chi connectivity index (χ0v) is 35.3. The molecule has 334 valence electrons. The molecular weight excluding hydrogens is 894 g/mol. The number of rotatable bonds is 8. The highest BCUT2D eigenvalue weighted by Gasteiger charge is 2.53. The van der Waals surface area contributed by atoms with Crippen LogP contribution in [0.5, 0.6) is 0 Å². The van der Waals surface area contributed by atoms with Gasteiger partial charge in [0.05, 0.1) is 38.2 Å². The van der Waals surface area contributed by atoms with Gasteiger partial charge in [-0.1, -0.05) is 47.7 Å². The molecule has 4 aromatic carbocycles. The number of hydrogen-bond donors (Lipinski definition) is 6. The number of H-pyrrole nitrogens is 1. The summed E-state index contributed by atoms with van der Waals surface area (Å²) in [5.41, 5.74) is 3.34. The summed E-state index contributed by atoms with van der Waals surface area (Å²) >= 11 is 1.28. The van der Waals surface area contributed by atoms with E-state index >= 15 is 13.2 Å². The molecule has 0 radical (unpaired) electrons. The summed E-state index contributed by atoms with van der Waals surface area (Å²) in [7, 11) is 0. The Morgan fingerprint density at radius 2 is 1.52 bits per heavy atom. The van der Waals surface area contributed by atoms with Gasteiger partial charge < -0.3 is 31.6 Å². The molecule has 2 aliphatic rings. The highest BCUT2D eigenvalue weighted by Crippen LogP contribution is 2.61. The van der Waals surface area contributed by atoms with Gasteiger partial charge in [0.1, 0.15) is 5.82 Å². The predicted octanol–water partition coefficient (Wildman–Crippen LogP) is 7.39. The summed E-state index contributed by atoms with van der Waals surface area (Å²) in [6.45, 7) is 4.66. The van der Waals surface area contributed by atoms with E-state index in [-0.39, 0.29) is 92.9 Å². The van der Waals surface area contributed by atoms with Crippen LogP contribution in [-0.2, 0) is 20.6 Å². The third-order valence-corrected chi connectivity index (χ3v) is 12.8. The molecule has 64 heavy (non-hydrogen) atoms. The lowest BCUT2D eigenvalue weighted by atomic mass is 9.87. The van der Waals surface area contributed by atoms with E-state index in [4.69, 9.17) is 5.73 Å². The number of carbonyl (C=O) groups is 3. The van der Waals surface area contributed by atoms with Gasteiger partial charge in [0, 0.05) is 73.2 Å². The third kappa shape index (κ3) is 8.25. The number of aromatic amines is 1. The number of thioether (sulfide) groups is 1. The number of aromatic nitrogens is 3. The Hall–Kier alpha value is -6.46. The molecule has 7 N–H and O–H groups in total. The first-order valence-electron chi connectivity index (χ1n) is 19.3. The first-order chi connectivity index (χ1) is 30.1. The zero-order chi connectivity index (χ0) is 46.0. The number of carbonyl (C=O) groups excluding carboxylic acids is 3. The Bertz CT molecular complexity index is 2930. The average molecular weight is 929 g/mol. The van der Waals surface area contributed by atoms with Gasteiger partial charge in [-0.3, -0.25) is 29.4 Å². The molecule has 4 heterocycles. The van der Waals surface area contributed by atoms with Crippen molar-refractivity contribution in [2.45, 2.75) is 49.2 Å². The number of nitrogens with one attached hydrogen (secondary N) is 5. The molecule has 23 heteroatoms. The van der Waals surface area contributed by atoms with Crippen molar-refractivity contribution >= 4 is 84.4 Å². The van der Waals surface area contributed by atoms with Crippen molar-refractivity contribution in [2.24, 2.45) is 0 Å². The van der Waals surface area contributed by atoms with Crippen molar-refractivity contribution < 1.29 is 45.1 Å². The van der Waals surface area contributed by atoms with Crippen LogP contribution in [0.1, 0.15) is 37.9 Å². The molecule has 14 nitrogen and oxygen atoms in total. The quantitative estimate of drug-likeness (QED) is 0.0660. The number of fused-ring (bicyclic) bond motifs is 3. The molecule has 2 aromatic heterocycles. The molecule has 0 spiro atoms. The lowest BCUT2D eigenvalue weighted by Crippen LogP contribution is -2.63. The van der Waals surface area contributed by atoms with Crippen LogP contribution in [0.25, 0.3) is 43.5 Å². The second-order valence-corrected chi connectivity index (χ2v) is 17.2. The van der Waals surface area contributed by atoms with Crippen molar-refractivity contribution in [3.05, 3.63) is 88.0 Å². The molecular formula is C41H35F7N10O4S2. The molecule has 8 rings (SSSR count). The summed E-state index contributed by atoms with van der Waals surface area (Å²) in [6, 6.07) is 14.6. The van der Waals surface area contributed by atoms with Crippen molar-refractivity contribution in [3.63, 3.8) is 0 Å². The van der Waals surface area contributed by atoms with E-state index in [0.717, 1.165) is 23.8 Å². The van der Waals surface area contributed by atoms with Crippen molar-refractivity contribution in [3.8, 4) is 22.3 Å². The van der Waals surface area contributed by atoms with Crippen LogP contribution >= 0.6 is 23.1 Å². The maximum atomic E-state index is 16.3. The fourth-order valence-electron chi connectivity index (χ4n) is 7.99. The number of alkyl halides is 6. The minimum absolute atomic E-state index is 0.00547. The largest absolute Gasteiger partial charge is 0.471 e. The second-order valence-electron chi connectivity index (χ2n) is 15.0. The van der Waals surface area contributed by atoms with Crippen LogP contribution < -0.4 is 37.5 Å². The monoisotopic (exact) mass is 928 g/mol. The molecule has 3 amide bonds. The number of benzene rings is 4. The van der Waals surface area contributed by atoms with Crippen LogP contribution in [0, 0.1) is 5.82 Å². The summed E-state index contributed by atoms with van der Waals surface area (Å²) in [6.07, 6.45) is -10.9. The Labute approximate surface area is 365 Å². The van der Waals surface area contributed by atoms with Crippen molar-refractivity contribution in [1.29, 1.82) is 0 Å². The van der Waals surface area contributed by atoms with Crippen LogP contribution in [0.2, 0.25) is 0 Å². The van der Waals surface area contributed by atoms with Crippen LogP contribution in [0.3, 0.4) is 0 Å². The van der Waals surface area contributed by atoms with Crippen molar-refractivity contribution in [2.75, 3.05) is 47.4 Å². The summed E-state index contributed by atoms with van der Waals surface area (Å²) in [5, 5.41) is 6.21. The molecule has 1 saturated heterocycles. The molecule has 2 unspecified atom stereocenters. The molecule has 1 fully saturated rings. The Morgan fingerprint density at radius 3 is 2.14 bits per heavy atom. The van der Waals surface area contributed by atoms with E-state index in [1.54, 1.807) is 28.4 Å². The van der Waals surface area contributed by atoms with E-state index in [0.29, 0.717) is 4.70 Å². The van der Waals surface area contributed by atoms with E-state index in [9.17, 15) is 36.7 Å². The zero-order valence-electron chi connectivity index (χ0n) is 33.6. The molecule has 2 aliphatic heterocycles. The maximum absolute atomic E-state index is 16.3. The van der Waals surface area contributed by atoms with Gasteiger partial charge in [-0.05, 0) is 48.5 Å². The lowest BCUT2D eigenvalue weighted by Gasteiger charge is -2.41. The number of nitrogens with two attached hydrogens (primary N) is 1. The standard InChI is InChI=1S/C41H35F7N10O4S2/c1-18(21-10-12-22(42)13-11-21)57-14-16-58(17-15-57)33-27(23-7-5-9-26-31(23)53-38(63-26)50-19(2)59)29(39(43,44)45)32-34(64-41(55-32,54-20(3)60)56-37(62)40(46,47)48)28(33)24-6-4-8-25-30(24)52-35(49)36(61)51-25/h4-13,18,55H,14-17H2,1-3H3,(H2,49,52)(H,51,61)(H,54,60)(H,56,62)(H,50,53,59). The van der Waals surface area contributed by atoms with E-state index in [2.05, 4.69) is 35.8 Å². The van der Waals surface area contributed by atoms with Crippen LogP contribution in [0.15, 0.2) is 70.4 Å².